The van der Waals surface area contributed by atoms with Gasteiger partial charge in [0, 0.05) is 37.8 Å². The van der Waals surface area contributed by atoms with Gasteiger partial charge in [-0.3, -0.25) is 4.79 Å². The third-order valence-electron chi connectivity index (χ3n) is 5.10. The van der Waals surface area contributed by atoms with Crippen LogP contribution in [0, 0.1) is 18.3 Å². The first-order valence-electron chi connectivity index (χ1n) is 9.89. The monoisotopic (exact) mass is 398 g/mol. The number of carbonyl (C=O) groups excluding carboxylic acids is 1. The van der Waals surface area contributed by atoms with E-state index in [9.17, 15) is 10.1 Å². The van der Waals surface area contributed by atoms with E-state index in [1.807, 2.05) is 77.4 Å². The van der Waals surface area contributed by atoms with Crippen molar-refractivity contribution in [2.75, 3.05) is 31.1 Å². The van der Waals surface area contributed by atoms with Gasteiger partial charge in [0.1, 0.15) is 6.07 Å². The van der Waals surface area contributed by atoms with Crippen LogP contribution >= 0.6 is 0 Å². The van der Waals surface area contributed by atoms with Crippen LogP contribution in [0.15, 0.2) is 59.0 Å². The highest BCUT2D eigenvalue weighted by atomic mass is 16.4. The van der Waals surface area contributed by atoms with E-state index < -0.39 is 0 Å². The lowest BCUT2D eigenvalue weighted by atomic mass is 10.1. The minimum atomic E-state index is 0.0232. The zero-order valence-corrected chi connectivity index (χ0v) is 16.8. The van der Waals surface area contributed by atoms with Crippen LogP contribution in [0.2, 0.25) is 0 Å². The highest BCUT2D eigenvalue weighted by Crippen LogP contribution is 2.24. The van der Waals surface area contributed by atoms with Crippen LogP contribution < -0.4 is 4.90 Å². The van der Waals surface area contributed by atoms with Gasteiger partial charge in [-0.05, 0) is 30.7 Å². The Bertz CT molecular complexity index is 1090. The first-order valence-corrected chi connectivity index (χ1v) is 9.89. The Morgan fingerprint density at radius 1 is 1.03 bits per heavy atom. The molecule has 0 atom stereocenters. The van der Waals surface area contributed by atoms with Crippen molar-refractivity contribution in [3.05, 3.63) is 82.9 Å². The highest BCUT2D eigenvalue weighted by Gasteiger charge is 2.26. The van der Waals surface area contributed by atoms with E-state index in [1.165, 1.54) is 5.56 Å². The predicted octanol–water partition coefficient (Wildman–Crippen LogP) is 3.99. The third-order valence-corrected chi connectivity index (χ3v) is 5.10. The fraction of sp³-hybridized carbons (Fsp3) is 0.208. The molecule has 0 N–H and O–H groups in total. The van der Waals surface area contributed by atoms with Crippen LogP contribution in [0.1, 0.15) is 33.1 Å². The summed E-state index contributed by atoms with van der Waals surface area (Å²) in [7, 11) is 0. The number of rotatable bonds is 4. The molecule has 0 unspecified atom stereocenters. The Kier molecular flexibility index (Phi) is 5.62. The molecule has 6 heteroatoms. The lowest BCUT2D eigenvalue weighted by molar-refractivity contribution is 0.0745. The summed E-state index contributed by atoms with van der Waals surface area (Å²) < 4.78 is 5.87. The first-order chi connectivity index (χ1) is 14.6. The summed E-state index contributed by atoms with van der Waals surface area (Å²) >= 11 is 0. The normalized spacial score (nSPS) is 14.1. The third kappa shape index (κ3) is 4.26. The first kappa shape index (κ1) is 19.5. The van der Waals surface area contributed by atoms with Gasteiger partial charge >= 0.3 is 0 Å². The number of hydrogen-bond donors (Lipinski definition) is 0. The summed E-state index contributed by atoms with van der Waals surface area (Å²) in [6.07, 6.45) is 3.68. The van der Waals surface area contributed by atoms with Gasteiger partial charge in [0.25, 0.3) is 5.91 Å². The molecule has 4 rings (SSSR count). The Balaban J connectivity index is 1.44. The number of carbonyl (C=O) groups is 1. The van der Waals surface area contributed by atoms with Gasteiger partial charge in [-0.15, -0.1) is 0 Å². The SMILES string of the molecule is Cc1ccc(/C=C/c2nc(C#N)c(N3CCN(C(=O)c4ccccc4)CC3)o2)cc1. The molecule has 1 aliphatic rings. The second kappa shape index (κ2) is 8.66. The number of aryl methyl sites for hydroxylation is 1. The molecule has 0 saturated carbocycles. The molecule has 3 aromatic rings. The van der Waals surface area contributed by atoms with Crippen LogP contribution in [0.3, 0.4) is 0 Å². The quantitative estimate of drug-likeness (QED) is 0.664. The van der Waals surface area contributed by atoms with Crippen LogP contribution in [-0.2, 0) is 0 Å². The van der Waals surface area contributed by atoms with E-state index >= 15 is 0 Å². The fourth-order valence-electron chi connectivity index (χ4n) is 3.41. The highest BCUT2D eigenvalue weighted by molar-refractivity contribution is 5.94. The maximum atomic E-state index is 12.6. The number of aromatic nitrogens is 1. The Morgan fingerprint density at radius 3 is 2.40 bits per heavy atom. The van der Waals surface area contributed by atoms with Gasteiger partial charge in [-0.2, -0.15) is 10.2 Å². The van der Waals surface area contributed by atoms with E-state index in [0.717, 1.165) is 5.56 Å². The summed E-state index contributed by atoms with van der Waals surface area (Å²) in [4.78, 5) is 20.7. The Labute approximate surface area is 175 Å². The maximum absolute atomic E-state index is 12.6. The minimum absolute atomic E-state index is 0.0232. The van der Waals surface area contributed by atoms with Crippen molar-refractivity contribution in [2.24, 2.45) is 0 Å². The van der Waals surface area contributed by atoms with Crippen LogP contribution in [-0.4, -0.2) is 42.0 Å². The molecule has 0 aliphatic carbocycles. The summed E-state index contributed by atoms with van der Waals surface area (Å²) in [5.74, 6) is 0.882. The average molecular weight is 398 g/mol. The van der Waals surface area contributed by atoms with E-state index in [2.05, 4.69) is 11.1 Å². The van der Waals surface area contributed by atoms with Gasteiger partial charge in [-0.1, -0.05) is 48.0 Å². The summed E-state index contributed by atoms with van der Waals surface area (Å²) in [6.45, 7) is 4.34. The topological polar surface area (TPSA) is 73.4 Å². The van der Waals surface area contributed by atoms with Crippen LogP contribution in [0.25, 0.3) is 12.2 Å². The predicted molar refractivity (Wildman–Crippen MR) is 116 cm³/mol. The second-order valence-electron chi connectivity index (χ2n) is 7.21. The van der Waals surface area contributed by atoms with E-state index in [0.29, 0.717) is 43.5 Å². The lowest BCUT2D eigenvalue weighted by Crippen LogP contribution is -2.48. The molecule has 0 radical (unpaired) electrons. The zero-order valence-electron chi connectivity index (χ0n) is 16.8. The molecule has 1 aliphatic heterocycles. The number of anilines is 1. The van der Waals surface area contributed by atoms with Gasteiger partial charge in [0.15, 0.2) is 0 Å². The molecule has 6 nitrogen and oxygen atoms in total. The molecule has 1 aromatic heterocycles. The zero-order chi connectivity index (χ0) is 20.9. The standard InChI is InChI=1S/C24H22N4O2/c1-18-7-9-19(10-8-18)11-12-22-26-21(17-25)24(30-22)28-15-13-27(14-16-28)23(29)20-5-3-2-4-6-20/h2-12H,13-16H2,1H3/b12-11+. The smallest absolute Gasteiger partial charge is 0.253 e. The van der Waals surface area contributed by atoms with Crippen molar-refractivity contribution in [1.82, 2.24) is 9.88 Å². The van der Waals surface area contributed by atoms with Gasteiger partial charge < -0.3 is 14.2 Å². The molecular formula is C24H22N4O2. The van der Waals surface area contributed by atoms with Gasteiger partial charge in [-0.25, -0.2) is 0 Å². The number of amides is 1. The number of benzene rings is 2. The number of nitrogens with zero attached hydrogens (tertiary/aromatic N) is 4. The van der Waals surface area contributed by atoms with E-state index in [-0.39, 0.29) is 11.6 Å². The molecular weight excluding hydrogens is 376 g/mol. The van der Waals surface area contributed by atoms with E-state index in [1.54, 1.807) is 6.08 Å². The molecule has 2 aromatic carbocycles. The molecule has 1 fully saturated rings. The summed E-state index contributed by atoms with van der Waals surface area (Å²) in [5.41, 5.74) is 3.18. The van der Waals surface area contributed by atoms with Gasteiger partial charge in [0.05, 0.1) is 0 Å². The Hall–Kier alpha value is -3.85. The minimum Gasteiger partial charge on any atom is -0.420 e. The van der Waals surface area contributed by atoms with Crippen molar-refractivity contribution >= 4 is 23.9 Å². The Morgan fingerprint density at radius 2 is 1.73 bits per heavy atom. The van der Waals surface area contributed by atoms with Crippen LogP contribution in [0.5, 0.6) is 0 Å². The molecule has 0 spiro atoms. The molecule has 2 heterocycles. The van der Waals surface area contributed by atoms with Crippen molar-refractivity contribution < 1.29 is 9.21 Å². The van der Waals surface area contributed by atoms with Crippen molar-refractivity contribution in [1.29, 1.82) is 5.26 Å². The summed E-state index contributed by atoms with van der Waals surface area (Å²) in [6, 6.07) is 19.5. The molecule has 30 heavy (non-hydrogen) atoms. The number of hydrogen-bond acceptors (Lipinski definition) is 5. The number of piperazine rings is 1. The van der Waals surface area contributed by atoms with Crippen molar-refractivity contribution in [2.45, 2.75) is 6.92 Å². The number of oxazole rings is 1. The molecule has 0 bridgehead atoms. The summed E-state index contributed by atoms with van der Waals surface area (Å²) in [5, 5.41) is 9.48. The molecule has 150 valence electrons. The fourth-order valence-corrected chi connectivity index (χ4v) is 3.41. The molecule has 1 saturated heterocycles. The number of nitriles is 1. The molecule has 1 amide bonds. The van der Waals surface area contributed by atoms with Gasteiger partial charge in [0.2, 0.25) is 17.5 Å². The van der Waals surface area contributed by atoms with Crippen LogP contribution in [0.4, 0.5) is 5.88 Å². The average Bonchev–Trinajstić information content (AvgIpc) is 3.22. The van der Waals surface area contributed by atoms with E-state index in [4.69, 9.17) is 4.42 Å². The van der Waals surface area contributed by atoms with Crippen molar-refractivity contribution in [3.63, 3.8) is 0 Å². The largest absolute Gasteiger partial charge is 0.420 e. The maximum Gasteiger partial charge on any atom is 0.253 e. The second-order valence-corrected chi connectivity index (χ2v) is 7.21. The lowest BCUT2D eigenvalue weighted by Gasteiger charge is -2.34. The van der Waals surface area contributed by atoms with Crippen molar-refractivity contribution in [3.8, 4) is 6.07 Å².